The molecule has 25 heavy (non-hydrogen) atoms. The number of carboxylic acid groups (broad SMARTS) is 1. The summed E-state index contributed by atoms with van der Waals surface area (Å²) in [6, 6.07) is 0. The molecule has 0 radical (unpaired) electrons. The molecule has 0 saturated heterocycles. The zero-order chi connectivity index (χ0) is 18.8. The number of allylic oxidation sites excluding steroid dienone is 1. The zero-order valence-electron chi connectivity index (χ0n) is 16.7. The summed E-state index contributed by atoms with van der Waals surface area (Å²) < 4.78 is 0. The van der Waals surface area contributed by atoms with Crippen LogP contribution in [0.5, 0.6) is 0 Å². The summed E-state index contributed by atoms with van der Waals surface area (Å²) in [6.45, 7) is 4.31. The number of hydrogen-bond donors (Lipinski definition) is 2. The lowest BCUT2D eigenvalue weighted by Crippen LogP contribution is -2.13. The molecule has 0 bridgehead atoms. The Kier molecular flexibility index (Phi) is 17.4. The van der Waals surface area contributed by atoms with Crippen LogP contribution in [-0.4, -0.2) is 22.3 Å². The van der Waals surface area contributed by atoms with Crippen molar-refractivity contribution >= 4 is 5.97 Å². The Morgan fingerprint density at radius 2 is 1.40 bits per heavy atom. The molecule has 0 aromatic heterocycles. The van der Waals surface area contributed by atoms with Crippen molar-refractivity contribution in [1.29, 1.82) is 0 Å². The fourth-order valence-electron chi connectivity index (χ4n) is 3.14. The Morgan fingerprint density at radius 1 is 0.800 bits per heavy atom. The molecule has 0 saturated carbocycles. The van der Waals surface area contributed by atoms with Crippen molar-refractivity contribution in [2.45, 2.75) is 116 Å². The van der Waals surface area contributed by atoms with Gasteiger partial charge in [-0.05, 0) is 38.5 Å². The number of unbranched alkanes of at least 4 members (excludes halogenated alkanes) is 8. The van der Waals surface area contributed by atoms with Gasteiger partial charge in [0.15, 0.2) is 0 Å². The van der Waals surface area contributed by atoms with Gasteiger partial charge in [-0.15, -0.1) is 0 Å². The maximum absolute atomic E-state index is 11.2. The minimum Gasteiger partial charge on any atom is -0.481 e. The van der Waals surface area contributed by atoms with Crippen LogP contribution in [0, 0.1) is 5.92 Å². The molecule has 2 atom stereocenters. The average Bonchev–Trinajstić information content (AvgIpc) is 2.59. The predicted octanol–water partition coefficient (Wildman–Crippen LogP) is 6.50. The van der Waals surface area contributed by atoms with Gasteiger partial charge in [0.1, 0.15) is 0 Å². The molecule has 1 unspecified atom stereocenters. The molecule has 0 aliphatic heterocycles. The van der Waals surface area contributed by atoms with Gasteiger partial charge < -0.3 is 10.2 Å². The van der Waals surface area contributed by atoms with Gasteiger partial charge in [0.05, 0.1) is 12.0 Å². The third-order valence-corrected chi connectivity index (χ3v) is 4.89. The highest BCUT2D eigenvalue weighted by Crippen LogP contribution is 2.18. The predicted molar refractivity (Wildman–Crippen MR) is 107 cm³/mol. The van der Waals surface area contributed by atoms with Crippen molar-refractivity contribution in [1.82, 2.24) is 0 Å². The maximum atomic E-state index is 11.2. The Morgan fingerprint density at radius 3 is 2.08 bits per heavy atom. The molecule has 0 aliphatic rings. The Labute approximate surface area is 155 Å². The summed E-state index contributed by atoms with van der Waals surface area (Å²) in [5.41, 5.74) is 0. The molecule has 0 heterocycles. The maximum Gasteiger partial charge on any atom is 0.306 e. The first-order valence-corrected chi connectivity index (χ1v) is 10.7. The Balaban J connectivity index is 3.51. The van der Waals surface area contributed by atoms with E-state index in [2.05, 4.69) is 26.0 Å². The molecule has 148 valence electrons. The number of aliphatic hydroxyl groups is 1. The molecular formula is C22H42O3. The summed E-state index contributed by atoms with van der Waals surface area (Å²) in [5, 5.41) is 19.1. The van der Waals surface area contributed by atoms with Gasteiger partial charge in [0, 0.05) is 0 Å². The minimum atomic E-state index is -0.621. The van der Waals surface area contributed by atoms with Crippen molar-refractivity contribution < 1.29 is 15.0 Å². The molecule has 0 aliphatic carbocycles. The molecule has 0 amide bonds. The van der Waals surface area contributed by atoms with Gasteiger partial charge >= 0.3 is 5.97 Å². The highest BCUT2D eigenvalue weighted by atomic mass is 16.4. The number of carbonyl (C=O) groups is 1. The van der Waals surface area contributed by atoms with E-state index >= 15 is 0 Å². The van der Waals surface area contributed by atoms with Crippen molar-refractivity contribution in [3.05, 3.63) is 12.2 Å². The molecule has 0 aromatic carbocycles. The summed E-state index contributed by atoms with van der Waals surface area (Å²) in [7, 11) is 0. The van der Waals surface area contributed by atoms with Gasteiger partial charge in [-0.2, -0.15) is 0 Å². The Bertz CT molecular complexity index is 325. The van der Waals surface area contributed by atoms with Gasteiger partial charge in [-0.1, -0.05) is 83.8 Å². The second kappa shape index (κ2) is 18.0. The fourth-order valence-corrected chi connectivity index (χ4v) is 3.14. The lowest BCUT2D eigenvalue weighted by molar-refractivity contribution is -0.142. The molecule has 0 spiro atoms. The molecule has 3 nitrogen and oxygen atoms in total. The van der Waals surface area contributed by atoms with E-state index in [1.165, 1.54) is 25.7 Å². The van der Waals surface area contributed by atoms with E-state index in [0.29, 0.717) is 0 Å². The first-order chi connectivity index (χ1) is 12.1. The van der Waals surface area contributed by atoms with Crippen molar-refractivity contribution in [3.8, 4) is 0 Å². The second-order valence-corrected chi connectivity index (χ2v) is 7.38. The summed E-state index contributed by atoms with van der Waals surface area (Å²) in [5.74, 6) is -0.761. The number of aliphatic hydroxyl groups excluding tert-OH is 1. The van der Waals surface area contributed by atoms with Crippen LogP contribution in [0.4, 0.5) is 0 Å². The van der Waals surface area contributed by atoms with Gasteiger partial charge in [0.25, 0.3) is 0 Å². The largest absolute Gasteiger partial charge is 0.481 e. The lowest BCUT2D eigenvalue weighted by atomic mass is 9.95. The first-order valence-electron chi connectivity index (χ1n) is 10.7. The fraction of sp³-hybridized carbons (Fsp3) is 0.864. The molecule has 0 rings (SSSR count). The summed E-state index contributed by atoms with van der Waals surface area (Å²) >= 11 is 0. The van der Waals surface area contributed by atoms with Crippen LogP contribution in [0.3, 0.4) is 0 Å². The lowest BCUT2D eigenvalue weighted by Gasteiger charge is -2.11. The first kappa shape index (κ1) is 24.2. The van der Waals surface area contributed by atoms with Crippen LogP contribution < -0.4 is 0 Å². The smallest absolute Gasteiger partial charge is 0.306 e. The van der Waals surface area contributed by atoms with Crippen molar-refractivity contribution in [2.24, 2.45) is 5.92 Å². The van der Waals surface area contributed by atoms with E-state index < -0.39 is 5.97 Å². The van der Waals surface area contributed by atoms with E-state index in [-0.39, 0.29) is 12.0 Å². The average molecular weight is 355 g/mol. The zero-order valence-corrected chi connectivity index (χ0v) is 16.7. The summed E-state index contributed by atoms with van der Waals surface area (Å²) in [4.78, 5) is 11.2. The molecule has 3 heteroatoms. The van der Waals surface area contributed by atoms with Gasteiger partial charge in [0.2, 0.25) is 0 Å². The number of rotatable bonds is 18. The van der Waals surface area contributed by atoms with E-state index in [1.54, 1.807) is 0 Å². The quantitative estimate of drug-likeness (QED) is 0.218. The normalized spacial score (nSPS) is 14.0. The monoisotopic (exact) mass is 354 g/mol. The van der Waals surface area contributed by atoms with E-state index in [0.717, 1.165) is 70.6 Å². The van der Waals surface area contributed by atoms with Crippen LogP contribution in [0.1, 0.15) is 110 Å². The van der Waals surface area contributed by atoms with Crippen LogP contribution >= 0.6 is 0 Å². The minimum absolute atomic E-state index is 0.140. The summed E-state index contributed by atoms with van der Waals surface area (Å²) in [6.07, 6.45) is 20.0. The van der Waals surface area contributed by atoms with Crippen molar-refractivity contribution in [2.75, 3.05) is 0 Å². The molecule has 2 N–H and O–H groups in total. The van der Waals surface area contributed by atoms with Crippen LogP contribution in [-0.2, 0) is 4.79 Å². The SMILES string of the molecule is CCCCCC[C@@H](O)C/C=C\CCCCCCC(CCCC)C(=O)O. The number of carboxylic acids is 1. The van der Waals surface area contributed by atoms with E-state index in [9.17, 15) is 15.0 Å². The topological polar surface area (TPSA) is 57.5 Å². The molecular weight excluding hydrogens is 312 g/mol. The van der Waals surface area contributed by atoms with Crippen LogP contribution in [0.25, 0.3) is 0 Å². The highest BCUT2D eigenvalue weighted by molar-refractivity contribution is 5.69. The van der Waals surface area contributed by atoms with Gasteiger partial charge in [-0.25, -0.2) is 0 Å². The number of hydrogen-bond acceptors (Lipinski definition) is 2. The van der Waals surface area contributed by atoms with Crippen molar-refractivity contribution in [3.63, 3.8) is 0 Å². The highest BCUT2D eigenvalue weighted by Gasteiger charge is 2.15. The van der Waals surface area contributed by atoms with Crippen LogP contribution in [0.2, 0.25) is 0 Å². The standard InChI is InChI=1S/C22H42O3/c1-3-5-7-14-18-21(23)19-15-12-10-8-9-11-13-17-20(22(24)25)16-6-4-2/h12,15,20-21,23H,3-11,13-14,16-19H2,1-2H3,(H,24,25)/b15-12-/t20?,21-/m1/s1. The number of aliphatic carboxylic acids is 1. The molecule has 0 aromatic rings. The molecule has 0 fully saturated rings. The Hall–Kier alpha value is -0.830. The van der Waals surface area contributed by atoms with Gasteiger partial charge in [-0.3, -0.25) is 4.79 Å². The second-order valence-electron chi connectivity index (χ2n) is 7.38. The third kappa shape index (κ3) is 16.4. The van der Waals surface area contributed by atoms with Crippen LogP contribution in [0.15, 0.2) is 12.2 Å². The van der Waals surface area contributed by atoms with E-state index in [4.69, 9.17) is 0 Å². The van der Waals surface area contributed by atoms with E-state index in [1.807, 2.05) is 0 Å². The third-order valence-electron chi connectivity index (χ3n) is 4.89.